The summed E-state index contributed by atoms with van der Waals surface area (Å²) in [6.07, 6.45) is -1.22. The second kappa shape index (κ2) is 12.0. The normalized spacial score (nSPS) is 23.2. The Hall–Kier alpha value is -2.43. The van der Waals surface area contributed by atoms with Gasteiger partial charge in [-0.25, -0.2) is 8.42 Å². The van der Waals surface area contributed by atoms with Crippen LogP contribution in [0.5, 0.6) is 0 Å². The first-order chi connectivity index (χ1) is 18.5. The van der Waals surface area contributed by atoms with Crippen molar-refractivity contribution in [1.29, 1.82) is 0 Å². The average molecular weight is 567 g/mol. The maximum atomic E-state index is 13.2. The number of halogens is 3. The fourth-order valence-electron chi connectivity index (χ4n) is 6.03. The Balaban J connectivity index is 1.49. The summed E-state index contributed by atoms with van der Waals surface area (Å²) in [7, 11) is -3.36. The number of sulfone groups is 1. The lowest BCUT2D eigenvalue weighted by Crippen LogP contribution is -2.45. The summed E-state index contributed by atoms with van der Waals surface area (Å²) in [5.74, 6) is -1.59. The lowest BCUT2D eigenvalue weighted by atomic mass is 9.81. The number of alkyl halides is 3. The number of aliphatic hydroxyl groups is 1. The zero-order valence-corrected chi connectivity index (χ0v) is 23.2. The van der Waals surface area contributed by atoms with Crippen LogP contribution in [0.4, 0.5) is 13.2 Å². The third-order valence-corrected chi connectivity index (χ3v) is 10.1. The van der Waals surface area contributed by atoms with Gasteiger partial charge in [-0.2, -0.15) is 13.2 Å². The smallest absolute Gasteiger partial charge is 0.391 e. The standard InChI is InChI=1S/C29H37F3N2O4S/c1-3-27-25-17-21(28(36)33-26(18-35)20-7-13-24(14-8-20)39(37,38)4-2)6-5-19(25)15-16-34(27)23-11-9-22(10-12-23)29(30,31)32/h5-8,13-14,17,22-23,26-27,35H,3-4,9-12,15-16,18H2,1-2H3,(H,33,36)/t22?,23?,26-,27?/m0/s1. The molecule has 1 fully saturated rings. The van der Waals surface area contributed by atoms with Crippen molar-refractivity contribution < 1.29 is 31.5 Å². The predicted octanol–water partition coefficient (Wildman–Crippen LogP) is 5.37. The molecule has 1 amide bonds. The fourth-order valence-corrected chi connectivity index (χ4v) is 6.92. The molecule has 6 nitrogen and oxygen atoms in total. The molecule has 0 bridgehead atoms. The Morgan fingerprint density at radius 2 is 1.74 bits per heavy atom. The Kier molecular flexibility index (Phi) is 9.08. The van der Waals surface area contributed by atoms with E-state index in [1.165, 1.54) is 12.1 Å². The van der Waals surface area contributed by atoms with Crippen molar-refractivity contribution in [2.24, 2.45) is 5.92 Å². The third kappa shape index (κ3) is 6.49. The molecule has 1 aliphatic carbocycles. The molecule has 1 heterocycles. The number of hydrogen-bond donors (Lipinski definition) is 2. The van der Waals surface area contributed by atoms with E-state index in [0.717, 1.165) is 30.5 Å². The number of nitrogens with zero attached hydrogens (tertiary/aromatic N) is 1. The fraction of sp³-hybridized carbons (Fsp3) is 0.552. The Morgan fingerprint density at radius 3 is 2.31 bits per heavy atom. The molecule has 0 saturated heterocycles. The van der Waals surface area contributed by atoms with Crippen LogP contribution < -0.4 is 5.32 Å². The minimum absolute atomic E-state index is 0.0180. The minimum atomic E-state index is -4.13. The molecule has 0 aromatic heterocycles. The average Bonchev–Trinajstić information content (AvgIpc) is 2.94. The first-order valence-electron chi connectivity index (χ1n) is 13.7. The molecule has 2 aromatic rings. The van der Waals surface area contributed by atoms with Gasteiger partial charge in [0.2, 0.25) is 0 Å². The number of nitrogens with one attached hydrogen (secondary N) is 1. The summed E-state index contributed by atoms with van der Waals surface area (Å²) >= 11 is 0. The summed E-state index contributed by atoms with van der Waals surface area (Å²) in [6, 6.07) is 11.1. The largest absolute Gasteiger partial charge is 0.394 e. The summed E-state index contributed by atoms with van der Waals surface area (Å²) in [6.45, 7) is 4.06. The first-order valence-corrected chi connectivity index (χ1v) is 15.3. The molecule has 4 rings (SSSR count). The van der Waals surface area contributed by atoms with Crippen LogP contribution in [0.2, 0.25) is 0 Å². The van der Waals surface area contributed by atoms with Crippen LogP contribution in [0.3, 0.4) is 0 Å². The van der Waals surface area contributed by atoms with Crippen LogP contribution >= 0.6 is 0 Å². The summed E-state index contributed by atoms with van der Waals surface area (Å²) in [5.41, 5.74) is 3.21. The van der Waals surface area contributed by atoms with Gasteiger partial charge in [-0.1, -0.05) is 32.0 Å². The highest BCUT2D eigenvalue weighted by Crippen LogP contribution is 2.42. The monoisotopic (exact) mass is 566 g/mol. The molecule has 1 unspecified atom stereocenters. The van der Waals surface area contributed by atoms with E-state index >= 15 is 0 Å². The van der Waals surface area contributed by atoms with Crippen LogP contribution in [0, 0.1) is 5.92 Å². The Morgan fingerprint density at radius 1 is 1.08 bits per heavy atom. The number of rotatable bonds is 8. The molecule has 2 aliphatic rings. The van der Waals surface area contributed by atoms with Gasteiger partial charge in [0.15, 0.2) is 9.84 Å². The Labute approximate surface area is 228 Å². The number of benzene rings is 2. The van der Waals surface area contributed by atoms with E-state index in [4.69, 9.17) is 0 Å². The van der Waals surface area contributed by atoms with Crippen molar-refractivity contribution in [2.75, 3.05) is 18.9 Å². The highest BCUT2D eigenvalue weighted by molar-refractivity contribution is 7.91. The van der Waals surface area contributed by atoms with E-state index in [1.807, 2.05) is 12.1 Å². The summed E-state index contributed by atoms with van der Waals surface area (Å²) in [5, 5.41) is 12.8. The highest BCUT2D eigenvalue weighted by atomic mass is 32.2. The number of carbonyl (C=O) groups is 1. The predicted molar refractivity (Wildman–Crippen MR) is 143 cm³/mol. The zero-order chi connectivity index (χ0) is 28.4. The van der Waals surface area contributed by atoms with Crippen molar-refractivity contribution in [3.05, 3.63) is 64.7 Å². The highest BCUT2D eigenvalue weighted by Gasteiger charge is 2.43. The lowest BCUT2D eigenvalue weighted by Gasteiger charge is -2.45. The molecule has 214 valence electrons. The van der Waals surface area contributed by atoms with E-state index < -0.39 is 28.0 Å². The van der Waals surface area contributed by atoms with E-state index in [1.54, 1.807) is 25.1 Å². The van der Waals surface area contributed by atoms with Crippen LogP contribution in [0.15, 0.2) is 47.4 Å². The van der Waals surface area contributed by atoms with Gasteiger partial charge in [0.25, 0.3) is 5.91 Å². The number of hydrogen-bond acceptors (Lipinski definition) is 5. The van der Waals surface area contributed by atoms with E-state index in [2.05, 4.69) is 17.1 Å². The molecular weight excluding hydrogens is 529 g/mol. The molecule has 0 radical (unpaired) electrons. The van der Waals surface area contributed by atoms with Crippen molar-refractivity contribution in [1.82, 2.24) is 10.2 Å². The van der Waals surface area contributed by atoms with Crippen LogP contribution in [0.25, 0.3) is 0 Å². The maximum Gasteiger partial charge on any atom is 0.391 e. The molecule has 0 spiro atoms. The maximum absolute atomic E-state index is 13.2. The van der Waals surface area contributed by atoms with Gasteiger partial charge >= 0.3 is 6.18 Å². The van der Waals surface area contributed by atoms with Crippen molar-refractivity contribution >= 4 is 15.7 Å². The topological polar surface area (TPSA) is 86.7 Å². The number of carbonyl (C=O) groups excluding carboxylic acids is 1. The molecule has 1 saturated carbocycles. The van der Waals surface area contributed by atoms with Gasteiger partial charge in [-0.05, 0) is 79.5 Å². The quantitative estimate of drug-likeness (QED) is 0.449. The van der Waals surface area contributed by atoms with Gasteiger partial charge in [-0.15, -0.1) is 0 Å². The number of aliphatic hydroxyl groups excluding tert-OH is 1. The molecule has 2 N–H and O–H groups in total. The first kappa shape index (κ1) is 29.6. The molecule has 2 aromatic carbocycles. The minimum Gasteiger partial charge on any atom is -0.394 e. The van der Waals surface area contributed by atoms with Gasteiger partial charge in [-0.3, -0.25) is 9.69 Å². The zero-order valence-electron chi connectivity index (χ0n) is 22.4. The van der Waals surface area contributed by atoms with Crippen LogP contribution in [0.1, 0.15) is 85.1 Å². The van der Waals surface area contributed by atoms with Gasteiger partial charge < -0.3 is 10.4 Å². The van der Waals surface area contributed by atoms with E-state index in [0.29, 0.717) is 24.0 Å². The molecule has 2 atom stereocenters. The lowest BCUT2D eigenvalue weighted by molar-refractivity contribution is -0.185. The summed E-state index contributed by atoms with van der Waals surface area (Å²) in [4.78, 5) is 15.7. The molecular formula is C29H37F3N2O4S. The third-order valence-electron chi connectivity index (χ3n) is 8.33. The van der Waals surface area contributed by atoms with Crippen molar-refractivity contribution in [2.45, 2.75) is 81.6 Å². The number of amides is 1. The number of fused-ring (bicyclic) bond motifs is 1. The summed E-state index contributed by atoms with van der Waals surface area (Å²) < 4.78 is 63.7. The van der Waals surface area contributed by atoms with E-state index in [9.17, 15) is 31.5 Å². The second-order valence-electron chi connectivity index (χ2n) is 10.6. The van der Waals surface area contributed by atoms with Crippen molar-refractivity contribution in [3.8, 4) is 0 Å². The van der Waals surface area contributed by atoms with Gasteiger partial charge in [0.1, 0.15) is 0 Å². The van der Waals surface area contributed by atoms with Crippen LogP contribution in [-0.4, -0.2) is 55.5 Å². The molecule has 10 heteroatoms. The molecule has 39 heavy (non-hydrogen) atoms. The van der Waals surface area contributed by atoms with Gasteiger partial charge in [0, 0.05) is 24.2 Å². The molecule has 1 aliphatic heterocycles. The van der Waals surface area contributed by atoms with Crippen molar-refractivity contribution in [3.63, 3.8) is 0 Å². The van der Waals surface area contributed by atoms with E-state index in [-0.39, 0.29) is 48.1 Å². The van der Waals surface area contributed by atoms with Gasteiger partial charge in [0.05, 0.1) is 29.2 Å². The Bertz CT molecular complexity index is 1260. The van der Waals surface area contributed by atoms with Crippen LogP contribution in [-0.2, 0) is 16.3 Å². The second-order valence-corrected chi connectivity index (χ2v) is 12.8. The SMILES string of the molecule is CCC1c2cc(C(=O)N[C@@H](CO)c3ccc(S(=O)(=O)CC)cc3)ccc2CCN1C1CCC(C(F)(F)F)CC1.